The van der Waals surface area contributed by atoms with Crippen LogP contribution in [0.1, 0.15) is 32.6 Å². The number of aliphatic hydroxyl groups excluding tert-OH is 1. The summed E-state index contributed by atoms with van der Waals surface area (Å²) in [5, 5.41) is 15.3. The van der Waals surface area contributed by atoms with E-state index in [0.717, 1.165) is 13.1 Å². The quantitative estimate of drug-likeness (QED) is 0.645. The smallest absolute Gasteiger partial charge is 0.237 e. The molecule has 0 aromatic heterocycles. The zero-order chi connectivity index (χ0) is 13.0. The van der Waals surface area contributed by atoms with Crippen LogP contribution in [0.4, 0.5) is 0 Å². The number of hydrogen-bond donors (Lipinski definition) is 3. The van der Waals surface area contributed by atoms with E-state index in [2.05, 4.69) is 22.5 Å². The van der Waals surface area contributed by atoms with Gasteiger partial charge in [-0.2, -0.15) is 0 Å². The Hall–Kier alpha value is -0.650. The van der Waals surface area contributed by atoms with E-state index >= 15 is 0 Å². The Balaban J connectivity index is 1.64. The van der Waals surface area contributed by atoms with E-state index in [9.17, 15) is 9.90 Å². The molecule has 2 rings (SSSR count). The Bertz CT molecular complexity index is 285. The first-order valence-electron chi connectivity index (χ1n) is 7.10. The molecule has 0 bridgehead atoms. The highest BCUT2D eigenvalue weighted by Crippen LogP contribution is 2.15. The fraction of sp³-hybridized carbons (Fsp3) is 0.923. The van der Waals surface area contributed by atoms with Crippen LogP contribution in [0, 0.1) is 0 Å². The van der Waals surface area contributed by atoms with Gasteiger partial charge in [0.25, 0.3) is 0 Å². The molecule has 0 spiro atoms. The zero-order valence-corrected chi connectivity index (χ0v) is 11.2. The lowest BCUT2D eigenvalue weighted by Gasteiger charge is -2.33. The van der Waals surface area contributed by atoms with Crippen LogP contribution < -0.4 is 10.6 Å². The number of likely N-dealkylation sites (tertiary alicyclic amines) is 1. The lowest BCUT2D eigenvalue weighted by Crippen LogP contribution is -2.46. The average Bonchev–Trinajstić information content (AvgIpc) is 2.78. The number of β-amino-alcohol motifs (C(OH)–C–C–N with tert-alkyl or cyclic N) is 1. The van der Waals surface area contributed by atoms with Crippen molar-refractivity contribution in [3.63, 3.8) is 0 Å². The molecule has 18 heavy (non-hydrogen) atoms. The number of nitrogens with one attached hydrogen (secondary N) is 2. The summed E-state index contributed by atoms with van der Waals surface area (Å²) in [5.74, 6) is 0.0243. The Labute approximate surface area is 109 Å². The first kappa shape index (κ1) is 13.8. The monoisotopic (exact) mass is 255 g/mol. The molecule has 2 saturated heterocycles. The molecule has 5 nitrogen and oxygen atoms in total. The first-order chi connectivity index (χ1) is 8.66. The highest BCUT2D eigenvalue weighted by Gasteiger charge is 2.27. The predicted molar refractivity (Wildman–Crippen MR) is 70.3 cm³/mol. The normalized spacial score (nSPS) is 33.6. The maximum absolute atomic E-state index is 11.8. The minimum absolute atomic E-state index is 0.0243. The van der Waals surface area contributed by atoms with Crippen molar-refractivity contribution >= 4 is 5.91 Å². The molecule has 0 aromatic rings. The van der Waals surface area contributed by atoms with Gasteiger partial charge in [0.2, 0.25) is 5.91 Å². The predicted octanol–water partition coefficient (Wildman–Crippen LogP) is -0.300. The summed E-state index contributed by atoms with van der Waals surface area (Å²) < 4.78 is 0. The van der Waals surface area contributed by atoms with Crippen LogP contribution in [0.3, 0.4) is 0 Å². The topological polar surface area (TPSA) is 64.6 Å². The molecule has 104 valence electrons. The number of amides is 1. The molecule has 0 aromatic carbocycles. The fourth-order valence-corrected chi connectivity index (χ4v) is 2.85. The van der Waals surface area contributed by atoms with Crippen LogP contribution in [0.25, 0.3) is 0 Å². The molecule has 2 fully saturated rings. The third-order valence-electron chi connectivity index (χ3n) is 4.06. The Kier molecular flexibility index (Phi) is 4.97. The maximum atomic E-state index is 11.8. The van der Waals surface area contributed by atoms with Crippen LogP contribution in [0.15, 0.2) is 0 Å². The van der Waals surface area contributed by atoms with Gasteiger partial charge in [0.1, 0.15) is 0 Å². The van der Waals surface area contributed by atoms with Crippen LogP contribution >= 0.6 is 0 Å². The van der Waals surface area contributed by atoms with Gasteiger partial charge in [-0.05, 0) is 32.7 Å². The van der Waals surface area contributed by atoms with E-state index < -0.39 is 0 Å². The van der Waals surface area contributed by atoms with Gasteiger partial charge in [-0.3, -0.25) is 9.69 Å². The molecular formula is C13H25N3O2. The molecule has 5 heteroatoms. The van der Waals surface area contributed by atoms with Crippen LogP contribution in [0.2, 0.25) is 0 Å². The molecule has 0 aliphatic carbocycles. The second kappa shape index (κ2) is 6.50. The Morgan fingerprint density at radius 2 is 2.33 bits per heavy atom. The molecule has 3 N–H and O–H groups in total. The average molecular weight is 255 g/mol. The molecule has 0 unspecified atom stereocenters. The second-order valence-corrected chi connectivity index (χ2v) is 5.52. The number of rotatable bonds is 4. The summed E-state index contributed by atoms with van der Waals surface area (Å²) in [5.41, 5.74) is 0. The highest BCUT2D eigenvalue weighted by atomic mass is 16.3. The minimum atomic E-state index is -0.372. The van der Waals surface area contributed by atoms with Gasteiger partial charge in [-0.15, -0.1) is 0 Å². The first-order valence-corrected chi connectivity index (χ1v) is 7.10. The van der Waals surface area contributed by atoms with Crippen molar-refractivity contribution in [1.82, 2.24) is 15.5 Å². The van der Waals surface area contributed by atoms with Gasteiger partial charge >= 0.3 is 0 Å². The molecule has 0 radical (unpaired) electrons. The van der Waals surface area contributed by atoms with E-state index in [1.54, 1.807) is 0 Å². The number of carbonyl (C=O) groups excluding carboxylic acids is 1. The number of carbonyl (C=O) groups is 1. The third-order valence-corrected chi connectivity index (χ3v) is 4.06. The molecule has 2 aliphatic heterocycles. The molecule has 2 aliphatic rings. The minimum Gasteiger partial charge on any atom is -0.392 e. The van der Waals surface area contributed by atoms with Gasteiger partial charge in [-0.1, -0.05) is 6.42 Å². The Morgan fingerprint density at radius 3 is 3.00 bits per heavy atom. The molecule has 1 amide bonds. The van der Waals surface area contributed by atoms with Crippen molar-refractivity contribution < 1.29 is 9.90 Å². The van der Waals surface area contributed by atoms with E-state index in [4.69, 9.17) is 0 Å². The second-order valence-electron chi connectivity index (χ2n) is 5.52. The summed E-state index contributed by atoms with van der Waals surface area (Å²) in [6.45, 7) is 5.58. The van der Waals surface area contributed by atoms with E-state index in [1.807, 2.05) is 0 Å². The molecular weight excluding hydrogens is 230 g/mol. The molecule has 3 atom stereocenters. The van der Waals surface area contributed by atoms with Gasteiger partial charge in [0, 0.05) is 25.7 Å². The summed E-state index contributed by atoms with van der Waals surface area (Å²) in [6, 6.07) is 0.431. The SMILES string of the molecule is C[C@@H]1CCCCN1CCNC(=O)[C@H]1C[C@H](O)CN1. The largest absolute Gasteiger partial charge is 0.392 e. The zero-order valence-electron chi connectivity index (χ0n) is 11.2. The molecule has 0 saturated carbocycles. The van der Waals surface area contributed by atoms with Crippen molar-refractivity contribution in [1.29, 1.82) is 0 Å². The van der Waals surface area contributed by atoms with Gasteiger partial charge < -0.3 is 15.7 Å². The fourth-order valence-electron chi connectivity index (χ4n) is 2.85. The van der Waals surface area contributed by atoms with E-state index in [0.29, 0.717) is 25.6 Å². The highest BCUT2D eigenvalue weighted by molar-refractivity contribution is 5.82. The van der Waals surface area contributed by atoms with E-state index in [-0.39, 0.29) is 18.1 Å². The summed E-state index contributed by atoms with van der Waals surface area (Å²) in [6.07, 6.45) is 4.03. The Morgan fingerprint density at radius 1 is 1.50 bits per heavy atom. The van der Waals surface area contributed by atoms with Crippen molar-refractivity contribution in [2.45, 2.75) is 50.8 Å². The third kappa shape index (κ3) is 3.67. The molecule has 2 heterocycles. The van der Waals surface area contributed by atoms with Crippen molar-refractivity contribution in [2.24, 2.45) is 0 Å². The van der Waals surface area contributed by atoms with Gasteiger partial charge in [-0.25, -0.2) is 0 Å². The van der Waals surface area contributed by atoms with Gasteiger partial charge in [0.15, 0.2) is 0 Å². The van der Waals surface area contributed by atoms with Gasteiger partial charge in [0.05, 0.1) is 12.1 Å². The maximum Gasteiger partial charge on any atom is 0.237 e. The number of hydrogen-bond acceptors (Lipinski definition) is 4. The van der Waals surface area contributed by atoms with Crippen LogP contribution in [-0.4, -0.2) is 60.3 Å². The number of aliphatic hydroxyl groups is 1. The lowest BCUT2D eigenvalue weighted by atomic mass is 10.0. The summed E-state index contributed by atoms with van der Waals surface area (Å²) >= 11 is 0. The van der Waals surface area contributed by atoms with Crippen molar-refractivity contribution in [3.8, 4) is 0 Å². The standard InChI is InChI=1S/C13H25N3O2/c1-10-4-2-3-6-16(10)7-5-14-13(18)12-8-11(17)9-15-12/h10-12,15,17H,2-9H2,1H3,(H,14,18)/t10-,11+,12-/m1/s1. The summed E-state index contributed by atoms with van der Waals surface area (Å²) in [7, 11) is 0. The lowest BCUT2D eigenvalue weighted by molar-refractivity contribution is -0.123. The number of nitrogens with zero attached hydrogens (tertiary/aromatic N) is 1. The van der Waals surface area contributed by atoms with Crippen LogP contribution in [-0.2, 0) is 4.79 Å². The summed E-state index contributed by atoms with van der Waals surface area (Å²) in [4.78, 5) is 14.3. The van der Waals surface area contributed by atoms with E-state index in [1.165, 1.54) is 19.3 Å². The van der Waals surface area contributed by atoms with Crippen molar-refractivity contribution in [2.75, 3.05) is 26.2 Å². The van der Waals surface area contributed by atoms with Crippen molar-refractivity contribution in [3.05, 3.63) is 0 Å². The van der Waals surface area contributed by atoms with Crippen LogP contribution in [0.5, 0.6) is 0 Å². The number of piperidine rings is 1.